The number of thioether (sulfide) groups is 1. The van der Waals surface area contributed by atoms with E-state index in [-0.39, 0.29) is 0 Å². The fraction of sp³-hybridized carbons (Fsp3) is 0.519. The van der Waals surface area contributed by atoms with Gasteiger partial charge >= 0.3 is 0 Å². The molecule has 0 spiro atoms. The molecule has 0 aromatic heterocycles. The van der Waals surface area contributed by atoms with Crippen molar-refractivity contribution in [3.8, 4) is 0 Å². The van der Waals surface area contributed by atoms with Crippen LogP contribution in [0.2, 0.25) is 0 Å². The summed E-state index contributed by atoms with van der Waals surface area (Å²) in [7, 11) is 0. The summed E-state index contributed by atoms with van der Waals surface area (Å²) in [6.45, 7) is 3.09. The van der Waals surface area contributed by atoms with E-state index in [0.29, 0.717) is 0 Å². The summed E-state index contributed by atoms with van der Waals surface area (Å²) >= 11 is 7.46. The van der Waals surface area contributed by atoms with Gasteiger partial charge in [0.05, 0.1) is 4.99 Å². The minimum Gasteiger partial charge on any atom is -0.375 e. The monoisotopic (exact) mass is 441 g/mol. The molecule has 1 N–H and O–H groups in total. The van der Waals surface area contributed by atoms with Crippen molar-refractivity contribution < 1.29 is 0 Å². The molecule has 0 radical (unpaired) electrons. The molecule has 164 valence electrons. The summed E-state index contributed by atoms with van der Waals surface area (Å²) in [5, 5.41) is 3.38. The second-order valence-electron chi connectivity index (χ2n) is 8.11. The van der Waals surface area contributed by atoms with E-state index >= 15 is 0 Å². The maximum Gasteiger partial charge on any atom is 0.0800 e. The third-order valence-electron chi connectivity index (χ3n) is 5.39. The Morgan fingerprint density at radius 1 is 0.733 bits per heavy atom. The quantitative estimate of drug-likeness (QED) is 0.160. The smallest absolute Gasteiger partial charge is 0.0800 e. The molecule has 0 saturated carbocycles. The van der Waals surface area contributed by atoms with E-state index < -0.39 is 0 Å². The molecule has 0 atom stereocenters. The molecule has 2 aromatic rings. The molecule has 0 aliphatic heterocycles. The minimum absolute atomic E-state index is 0.801. The number of hydrogen-bond donors (Lipinski definition) is 1. The lowest BCUT2D eigenvalue weighted by molar-refractivity contribution is 0.563. The average molecular weight is 442 g/mol. The van der Waals surface area contributed by atoms with Crippen molar-refractivity contribution in [2.45, 2.75) is 89.0 Å². The maximum absolute atomic E-state index is 5.48. The molecule has 0 aliphatic carbocycles. The normalized spacial score (nSPS) is 10.8. The number of benzene rings is 2. The van der Waals surface area contributed by atoms with E-state index in [0.717, 1.165) is 18.0 Å². The van der Waals surface area contributed by atoms with Gasteiger partial charge in [0.2, 0.25) is 0 Å². The SMILES string of the molecule is CCCCCCCCCCCCSc1ccc(CNC(=S)Cc2ccccc2)cc1. The van der Waals surface area contributed by atoms with Crippen LogP contribution in [0.4, 0.5) is 0 Å². The zero-order valence-corrected chi connectivity index (χ0v) is 20.3. The van der Waals surface area contributed by atoms with Crippen molar-refractivity contribution in [3.05, 3.63) is 65.7 Å². The molecule has 0 heterocycles. The summed E-state index contributed by atoms with van der Waals surface area (Å²) in [4.78, 5) is 2.28. The van der Waals surface area contributed by atoms with Gasteiger partial charge in [-0.2, -0.15) is 0 Å². The fourth-order valence-electron chi connectivity index (χ4n) is 3.53. The molecular formula is C27H39NS2. The Morgan fingerprint density at radius 2 is 1.33 bits per heavy atom. The van der Waals surface area contributed by atoms with Crippen LogP contribution in [0.1, 0.15) is 82.3 Å². The molecule has 3 heteroatoms. The topological polar surface area (TPSA) is 12.0 Å². The molecular weight excluding hydrogens is 402 g/mol. The predicted molar refractivity (Wildman–Crippen MR) is 139 cm³/mol. The van der Waals surface area contributed by atoms with Crippen molar-refractivity contribution >= 4 is 29.0 Å². The largest absolute Gasteiger partial charge is 0.375 e. The molecule has 0 fully saturated rings. The first-order valence-corrected chi connectivity index (χ1v) is 13.2. The van der Waals surface area contributed by atoms with Gasteiger partial charge in [-0.1, -0.05) is 119 Å². The minimum atomic E-state index is 0.801. The summed E-state index contributed by atoms with van der Waals surface area (Å²) < 4.78 is 0. The van der Waals surface area contributed by atoms with Gasteiger partial charge in [0.1, 0.15) is 0 Å². The van der Waals surface area contributed by atoms with Crippen molar-refractivity contribution in [2.75, 3.05) is 5.75 Å². The molecule has 30 heavy (non-hydrogen) atoms. The molecule has 2 rings (SSSR count). The molecule has 0 saturated heterocycles. The summed E-state index contributed by atoms with van der Waals surface area (Å²) in [6, 6.07) is 19.3. The first-order chi connectivity index (χ1) is 14.8. The van der Waals surface area contributed by atoms with E-state index in [1.165, 1.54) is 86.0 Å². The van der Waals surface area contributed by atoms with E-state index in [1.54, 1.807) is 0 Å². The first kappa shape index (κ1) is 24.9. The van der Waals surface area contributed by atoms with Crippen LogP contribution in [-0.4, -0.2) is 10.7 Å². The van der Waals surface area contributed by atoms with Crippen molar-refractivity contribution in [2.24, 2.45) is 0 Å². The zero-order valence-electron chi connectivity index (χ0n) is 18.7. The molecule has 0 aliphatic rings. The van der Waals surface area contributed by atoms with Crippen LogP contribution >= 0.6 is 24.0 Å². The van der Waals surface area contributed by atoms with E-state index in [9.17, 15) is 0 Å². The van der Waals surface area contributed by atoms with Gasteiger partial charge in [0, 0.05) is 17.9 Å². The summed E-state index contributed by atoms with van der Waals surface area (Å²) in [6.07, 6.45) is 14.8. The Hall–Kier alpha value is -1.32. The number of nitrogens with one attached hydrogen (secondary N) is 1. The van der Waals surface area contributed by atoms with Crippen LogP contribution in [0, 0.1) is 0 Å². The Bertz CT molecular complexity index is 682. The Labute approximate surface area is 194 Å². The maximum atomic E-state index is 5.48. The number of hydrogen-bond acceptors (Lipinski definition) is 2. The Morgan fingerprint density at radius 3 is 1.97 bits per heavy atom. The van der Waals surface area contributed by atoms with Crippen LogP contribution in [0.25, 0.3) is 0 Å². The van der Waals surface area contributed by atoms with Crippen molar-refractivity contribution in [3.63, 3.8) is 0 Å². The van der Waals surface area contributed by atoms with E-state index in [2.05, 4.69) is 60.8 Å². The Balaban J connectivity index is 1.50. The predicted octanol–water partition coefficient (Wildman–Crippen LogP) is 8.36. The van der Waals surface area contributed by atoms with E-state index in [4.69, 9.17) is 12.2 Å². The molecule has 0 unspecified atom stereocenters. The fourth-order valence-corrected chi connectivity index (χ4v) is 4.68. The lowest BCUT2D eigenvalue weighted by Gasteiger charge is -2.09. The van der Waals surface area contributed by atoms with Crippen molar-refractivity contribution in [1.29, 1.82) is 0 Å². The molecule has 0 amide bonds. The lowest BCUT2D eigenvalue weighted by atomic mass is 10.1. The highest BCUT2D eigenvalue weighted by atomic mass is 32.2. The lowest BCUT2D eigenvalue weighted by Crippen LogP contribution is -2.22. The van der Waals surface area contributed by atoms with Gasteiger partial charge in [-0.05, 0) is 35.4 Å². The van der Waals surface area contributed by atoms with Crippen LogP contribution in [0.3, 0.4) is 0 Å². The first-order valence-electron chi connectivity index (χ1n) is 11.8. The van der Waals surface area contributed by atoms with Crippen molar-refractivity contribution in [1.82, 2.24) is 5.32 Å². The summed E-state index contributed by atoms with van der Waals surface area (Å²) in [5.41, 5.74) is 2.54. The van der Waals surface area contributed by atoms with Crippen LogP contribution in [0.5, 0.6) is 0 Å². The van der Waals surface area contributed by atoms with Crippen LogP contribution in [-0.2, 0) is 13.0 Å². The van der Waals surface area contributed by atoms with Crippen LogP contribution in [0.15, 0.2) is 59.5 Å². The molecule has 2 aromatic carbocycles. The van der Waals surface area contributed by atoms with Gasteiger partial charge in [-0.15, -0.1) is 11.8 Å². The highest BCUT2D eigenvalue weighted by Gasteiger charge is 2.01. The second kappa shape index (κ2) is 16.4. The standard InChI is InChI=1S/C27H39NS2/c1-2-3-4-5-6-7-8-9-10-14-21-30-26-19-17-25(18-20-26)23-28-27(29)22-24-15-12-11-13-16-24/h11-13,15-20H,2-10,14,21-23H2,1H3,(H,28,29). The van der Waals surface area contributed by atoms with Gasteiger partial charge in [-0.25, -0.2) is 0 Å². The van der Waals surface area contributed by atoms with Gasteiger partial charge < -0.3 is 5.32 Å². The zero-order chi connectivity index (χ0) is 21.3. The Kier molecular flexibility index (Phi) is 13.6. The highest BCUT2D eigenvalue weighted by molar-refractivity contribution is 7.99. The van der Waals surface area contributed by atoms with Gasteiger partial charge in [0.25, 0.3) is 0 Å². The third-order valence-corrected chi connectivity index (χ3v) is 6.77. The van der Waals surface area contributed by atoms with Gasteiger partial charge in [0.15, 0.2) is 0 Å². The van der Waals surface area contributed by atoms with Crippen LogP contribution < -0.4 is 5.32 Å². The number of thiocarbonyl (C=S) groups is 1. The molecule has 1 nitrogen and oxygen atoms in total. The van der Waals surface area contributed by atoms with E-state index in [1.807, 2.05) is 17.8 Å². The highest BCUT2D eigenvalue weighted by Crippen LogP contribution is 2.21. The third kappa shape index (κ3) is 11.8. The molecule has 0 bridgehead atoms. The average Bonchev–Trinajstić information content (AvgIpc) is 2.77. The number of rotatable bonds is 16. The second-order valence-corrected chi connectivity index (χ2v) is 9.77. The summed E-state index contributed by atoms with van der Waals surface area (Å²) in [5.74, 6) is 1.23. The number of unbranched alkanes of at least 4 members (excludes halogenated alkanes) is 9. The van der Waals surface area contributed by atoms with Gasteiger partial charge in [-0.3, -0.25) is 0 Å².